The van der Waals surface area contributed by atoms with Gasteiger partial charge in [-0.25, -0.2) is 9.67 Å². The van der Waals surface area contributed by atoms with Gasteiger partial charge in [-0.1, -0.05) is 63.2 Å². The Morgan fingerprint density at radius 1 is 0.644 bits per heavy atom. The molecule has 0 atom stereocenters. The second kappa shape index (κ2) is 10.8. The van der Waals surface area contributed by atoms with Crippen molar-refractivity contribution in [2.24, 2.45) is 0 Å². The van der Waals surface area contributed by atoms with Gasteiger partial charge in [0.1, 0.15) is 17.3 Å². The Hall–Kier alpha value is -5.16. The van der Waals surface area contributed by atoms with E-state index < -0.39 is 0 Å². The fourth-order valence-electron chi connectivity index (χ4n) is 6.55. The van der Waals surface area contributed by atoms with Gasteiger partial charge in [0, 0.05) is 40.4 Å². The van der Waals surface area contributed by atoms with E-state index in [4.69, 9.17) is 14.8 Å². The molecule has 0 radical (unpaired) electrons. The summed E-state index contributed by atoms with van der Waals surface area (Å²) >= 11 is 0. The first-order chi connectivity index (χ1) is 21.6. The number of nitrogens with zero attached hydrogens (tertiary/aromatic N) is 4. The van der Waals surface area contributed by atoms with Crippen LogP contribution in [0.15, 0.2) is 103 Å². The number of fused-ring (bicyclic) bond motifs is 3. The highest BCUT2D eigenvalue weighted by Crippen LogP contribution is 2.37. The fraction of sp³-hybridized carbons (Fsp3) is 0.200. The third-order valence-electron chi connectivity index (χ3n) is 8.81. The van der Waals surface area contributed by atoms with Crippen LogP contribution in [0.2, 0.25) is 0 Å². The van der Waals surface area contributed by atoms with Crippen molar-refractivity contribution in [3.8, 4) is 34.1 Å². The average molecular weight is 591 g/mol. The molecule has 0 N–H and O–H groups in total. The van der Waals surface area contributed by atoms with Crippen molar-refractivity contribution >= 4 is 21.8 Å². The molecule has 4 aromatic carbocycles. The molecule has 0 saturated heterocycles. The molecule has 224 valence electrons. The van der Waals surface area contributed by atoms with Crippen molar-refractivity contribution in [1.82, 2.24) is 19.3 Å². The van der Waals surface area contributed by atoms with Crippen molar-refractivity contribution in [2.45, 2.75) is 53.9 Å². The molecule has 0 amide bonds. The first-order valence-electron chi connectivity index (χ1n) is 15.5. The summed E-state index contributed by atoms with van der Waals surface area (Å²) < 4.78 is 10.8. The maximum Gasteiger partial charge on any atom is 0.137 e. The first kappa shape index (κ1) is 28.6. The van der Waals surface area contributed by atoms with Gasteiger partial charge in [-0.15, -0.1) is 0 Å². The van der Waals surface area contributed by atoms with Gasteiger partial charge in [0.15, 0.2) is 0 Å². The Bertz CT molecular complexity index is 2210. The normalized spacial score (nSPS) is 11.9. The second-order valence-corrected chi connectivity index (χ2v) is 13.0. The number of para-hydroxylation sites is 1. The standard InChI is InChI=1S/C40H38N4O/c1-25-12-10-13-26(2)38(25)39-27(3)42-44(28(39)4)30-14-11-15-31(23-30)45-32-18-19-34-33-16-8-9-17-35(33)43(36(34)24-32)37-22-29(20-21-41-37)40(5,6)7/h8-24H,1-7H3. The predicted octanol–water partition coefficient (Wildman–Crippen LogP) is 10.4. The Balaban J connectivity index is 1.29. The molecule has 0 saturated carbocycles. The molecule has 0 fully saturated rings. The number of rotatable bonds is 5. The van der Waals surface area contributed by atoms with Crippen molar-refractivity contribution in [2.75, 3.05) is 0 Å². The molecule has 5 heteroatoms. The van der Waals surface area contributed by atoms with Gasteiger partial charge < -0.3 is 4.74 Å². The lowest BCUT2D eigenvalue weighted by Gasteiger charge is -2.20. The lowest BCUT2D eigenvalue weighted by molar-refractivity contribution is 0.482. The molecule has 7 aromatic rings. The SMILES string of the molecule is Cc1cccc(C)c1-c1c(C)nn(-c2cccc(Oc3ccc4c5ccccc5n(-c5cc(C(C)(C)C)ccn5)c4c3)c2)c1C. The van der Waals surface area contributed by atoms with E-state index in [1.54, 1.807) is 0 Å². The van der Waals surface area contributed by atoms with Gasteiger partial charge in [0.25, 0.3) is 0 Å². The van der Waals surface area contributed by atoms with Crippen molar-refractivity contribution in [3.63, 3.8) is 0 Å². The van der Waals surface area contributed by atoms with Gasteiger partial charge in [-0.05, 0) is 97.8 Å². The largest absolute Gasteiger partial charge is 0.457 e. The number of hydrogen-bond acceptors (Lipinski definition) is 3. The van der Waals surface area contributed by atoms with Gasteiger partial charge in [0.05, 0.1) is 22.4 Å². The van der Waals surface area contributed by atoms with E-state index >= 15 is 0 Å². The highest BCUT2D eigenvalue weighted by molar-refractivity contribution is 6.09. The molecule has 0 aliphatic carbocycles. The summed E-state index contributed by atoms with van der Waals surface area (Å²) in [7, 11) is 0. The van der Waals surface area contributed by atoms with Gasteiger partial charge in [-0.2, -0.15) is 5.10 Å². The molecule has 5 nitrogen and oxygen atoms in total. The second-order valence-electron chi connectivity index (χ2n) is 13.0. The molecule has 3 aromatic heterocycles. The van der Waals surface area contributed by atoms with Crippen molar-refractivity contribution in [3.05, 3.63) is 131 Å². The van der Waals surface area contributed by atoms with E-state index in [1.807, 2.05) is 29.1 Å². The topological polar surface area (TPSA) is 44.9 Å². The van der Waals surface area contributed by atoms with Crippen LogP contribution in [0, 0.1) is 27.7 Å². The summed E-state index contributed by atoms with van der Waals surface area (Å²) in [5.74, 6) is 2.42. The lowest BCUT2D eigenvalue weighted by atomic mass is 9.88. The van der Waals surface area contributed by atoms with Crippen LogP contribution in [0.4, 0.5) is 0 Å². The van der Waals surface area contributed by atoms with Gasteiger partial charge in [0.2, 0.25) is 0 Å². The zero-order valence-electron chi connectivity index (χ0n) is 27.0. The molecule has 0 unspecified atom stereocenters. The van der Waals surface area contributed by atoms with Gasteiger partial charge >= 0.3 is 0 Å². The van der Waals surface area contributed by atoms with Crippen LogP contribution in [0.3, 0.4) is 0 Å². The number of pyridine rings is 1. The minimum absolute atomic E-state index is 0.0146. The monoisotopic (exact) mass is 590 g/mol. The van der Waals surface area contributed by atoms with Crippen molar-refractivity contribution in [1.29, 1.82) is 0 Å². The fourth-order valence-corrected chi connectivity index (χ4v) is 6.55. The van der Waals surface area contributed by atoms with Gasteiger partial charge in [-0.3, -0.25) is 4.57 Å². The van der Waals surface area contributed by atoms with Crippen LogP contribution >= 0.6 is 0 Å². The molecular weight excluding hydrogens is 552 g/mol. The highest BCUT2D eigenvalue weighted by Gasteiger charge is 2.20. The number of benzene rings is 4. The van der Waals surface area contributed by atoms with Crippen LogP contribution < -0.4 is 4.74 Å². The number of aryl methyl sites for hydroxylation is 3. The summed E-state index contributed by atoms with van der Waals surface area (Å²) in [6.07, 6.45) is 1.91. The number of ether oxygens (including phenoxy) is 1. The van der Waals surface area contributed by atoms with E-state index in [0.29, 0.717) is 0 Å². The summed E-state index contributed by atoms with van der Waals surface area (Å²) in [5, 5.41) is 7.32. The zero-order chi connectivity index (χ0) is 31.5. The van der Waals surface area contributed by atoms with Crippen molar-refractivity contribution < 1.29 is 4.74 Å². The maximum absolute atomic E-state index is 6.54. The van der Waals surface area contributed by atoms with E-state index in [1.165, 1.54) is 33.2 Å². The molecular formula is C40H38N4O. The van der Waals surface area contributed by atoms with Crippen LogP contribution in [-0.2, 0) is 5.41 Å². The van der Waals surface area contributed by atoms with E-state index in [-0.39, 0.29) is 5.41 Å². The number of hydrogen-bond donors (Lipinski definition) is 0. The Morgan fingerprint density at radius 3 is 2.13 bits per heavy atom. The molecule has 0 bridgehead atoms. The summed E-state index contributed by atoms with van der Waals surface area (Å²) in [4.78, 5) is 4.82. The van der Waals surface area contributed by atoms with E-state index in [9.17, 15) is 0 Å². The quantitative estimate of drug-likeness (QED) is 0.200. The van der Waals surface area contributed by atoms with E-state index in [0.717, 1.165) is 50.8 Å². The van der Waals surface area contributed by atoms with Crippen LogP contribution in [0.25, 0.3) is 44.4 Å². The molecule has 0 spiro atoms. The minimum atomic E-state index is 0.0146. The molecule has 45 heavy (non-hydrogen) atoms. The Labute approximate surface area is 264 Å². The maximum atomic E-state index is 6.54. The first-order valence-corrected chi connectivity index (χ1v) is 15.5. The molecule has 0 aliphatic heterocycles. The Morgan fingerprint density at radius 2 is 1.36 bits per heavy atom. The average Bonchev–Trinajstić information content (AvgIpc) is 3.50. The van der Waals surface area contributed by atoms with Crippen LogP contribution in [0.1, 0.15) is 48.8 Å². The summed E-state index contributed by atoms with van der Waals surface area (Å²) in [5.41, 5.74) is 11.5. The molecule has 0 aliphatic rings. The summed E-state index contributed by atoms with van der Waals surface area (Å²) in [6.45, 7) is 15.3. The lowest BCUT2D eigenvalue weighted by Crippen LogP contribution is -2.12. The summed E-state index contributed by atoms with van der Waals surface area (Å²) in [6, 6.07) is 33.7. The third kappa shape index (κ3) is 4.98. The van der Waals surface area contributed by atoms with E-state index in [2.05, 4.69) is 132 Å². The Kier molecular flexibility index (Phi) is 6.85. The smallest absolute Gasteiger partial charge is 0.137 e. The predicted molar refractivity (Wildman–Crippen MR) is 185 cm³/mol. The highest BCUT2D eigenvalue weighted by atomic mass is 16.5. The zero-order valence-corrected chi connectivity index (χ0v) is 27.0. The van der Waals surface area contributed by atoms with Crippen LogP contribution in [-0.4, -0.2) is 19.3 Å². The number of aromatic nitrogens is 4. The minimum Gasteiger partial charge on any atom is -0.457 e. The molecule has 3 heterocycles. The third-order valence-corrected chi connectivity index (χ3v) is 8.81. The van der Waals surface area contributed by atoms with Crippen LogP contribution in [0.5, 0.6) is 11.5 Å². The molecule has 7 rings (SSSR count).